The van der Waals surface area contributed by atoms with Crippen molar-refractivity contribution in [2.75, 3.05) is 33.5 Å². The molecule has 0 heterocycles. The number of nitrogens with zero attached hydrogens (tertiary/aromatic N) is 1. The second-order valence-electron chi connectivity index (χ2n) is 10.4. The molecule has 0 aliphatic heterocycles. The Hall–Kier alpha value is -0.990. The summed E-state index contributed by atoms with van der Waals surface area (Å²) in [5.74, 6) is -0.0362. The van der Waals surface area contributed by atoms with Crippen LogP contribution in [0.4, 0.5) is 0 Å². The minimum absolute atomic E-state index is 0.00315. The van der Waals surface area contributed by atoms with Crippen LogP contribution in [0.1, 0.15) is 115 Å². The van der Waals surface area contributed by atoms with Gasteiger partial charge in [-0.1, -0.05) is 67.0 Å². The lowest BCUT2D eigenvalue weighted by molar-refractivity contribution is -0.240. The number of rotatable bonds is 13. The zero-order valence-electron chi connectivity index (χ0n) is 22.6. The van der Waals surface area contributed by atoms with Gasteiger partial charge >= 0.3 is 0 Å². The first-order valence-corrected chi connectivity index (χ1v) is 14.4. The highest BCUT2D eigenvalue weighted by atomic mass is 32.2. The third kappa shape index (κ3) is 7.50. The highest BCUT2D eigenvalue weighted by Crippen LogP contribution is 2.36. The van der Waals surface area contributed by atoms with Crippen molar-refractivity contribution in [3.63, 3.8) is 0 Å². The van der Waals surface area contributed by atoms with Gasteiger partial charge in [0, 0.05) is 26.5 Å². The van der Waals surface area contributed by atoms with E-state index in [-0.39, 0.29) is 18.6 Å². The van der Waals surface area contributed by atoms with Crippen molar-refractivity contribution in [3.8, 4) is 0 Å². The Bertz CT molecular complexity index is 844. The van der Waals surface area contributed by atoms with Gasteiger partial charge in [-0.25, -0.2) is 0 Å². The van der Waals surface area contributed by atoms with E-state index in [1.807, 2.05) is 51.7 Å². The van der Waals surface area contributed by atoms with E-state index in [0.29, 0.717) is 30.5 Å². The van der Waals surface area contributed by atoms with Crippen LogP contribution in [0.3, 0.4) is 0 Å². The van der Waals surface area contributed by atoms with Crippen LogP contribution in [-0.4, -0.2) is 52.6 Å². The number of hydrogen-bond donors (Lipinski definition) is 0. The Morgan fingerprint density at radius 1 is 0.941 bits per heavy atom. The monoisotopic (exact) mass is 497 g/mol. The molecule has 1 aromatic rings. The maximum Gasteiger partial charge on any atom is 0.298 e. The molecule has 1 saturated carbocycles. The van der Waals surface area contributed by atoms with Crippen molar-refractivity contribution in [2.24, 2.45) is 0 Å². The Kier molecular flexibility index (Phi) is 11.0. The topological polar surface area (TPSA) is 65.1 Å². The van der Waals surface area contributed by atoms with Gasteiger partial charge < -0.3 is 9.47 Å². The minimum atomic E-state index is -3.93. The van der Waals surface area contributed by atoms with Gasteiger partial charge in [-0.15, -0.1) is 0 Å². The Morgan fingerprint density at radius 2 is 1.50 bits per heavy atom. The summed E-state index contributed by atoms with van der Waals surface area (Å²) in [6.07, 6.45) is 5.25. The average molecular weight is 498 g/mol. The molecule has 0 N–H and O–H groups in total. The maximum atomic E-state index is 13.5. The Morgan fingerprint density at radius 3 is 1.94 bits per heavy atom. The van der Waals surface area contributed by atoms with Crippen LogP contribution in [0.2, 0.25) is 0 Å². The van der Waals surface area contributed by atoms with Crippen molar-refractivity contribution in [2.45, 2.75) is 109 Å². The highest BCUT2D eigenvalue weighted by Gasteiger charge is 2.33. The van der Waals surface area contributed by atoms with Crippen LogP contribution in [0.5, 0.6) is 0 Å². The van der Waals surface area contributed by atoms with E-state index in [9.17, 15) is 8.42 Å². The lowest BCUT2D eigenvalue weighted by Gasteiger charge is -2.36. The molecular formula is C27H47NO5S. The van der Waals surface area contributed by atoms with Gasteiger partial charge in [0.1, 0.15) is 11.6 Å². The van der Waals surface area contributed by atoms with Gasteiger partial charge in [-0.05, 0) is 53.8 Å². The van der Waals surface area contributed by atoms with Crippen molar-refractivity contribution >= 4 is 10.1 Å². The predicted octanol–water partition coefficient (Wildman–Crippen LogP) is 6.36. The normalized spacial score (nSPS) is 16.8. The van der Waals surface area contributed by atoms with E-state index in [1.54, 1.807) is 7.11 Å². The van der Waals surface area contributed by atoms with Gasteiger partial charge in [0.2, 0.25) is 0 Å². The molecule has 0 spiro atoms. The summed E-state index contributed by atoms with van der Waals surface area (Å²) < 4.78 is 44.5. The third-order valence-corrected chi connectivity index (χ3v) is 8.31. The van der Waals surface area contributed by atoms with Gasteiger partial charge in [-0.3, -0.25) is 9.08 Å². The first kappa shape index (κ1) is 29.2. The van der Waals surface area contributed by atoms with Gasteiger partial charge in [0.15, 0.2) is 5.79 Å². The summed E-state index contributed by atoms with van der Waals surface area (Å²) in [6, 6.07) is 4.08. The Balaban J connectivity index is 2.16. The second kappa shape index (κ2) is 12.8. The van der Waals surface area contributed by atoms with Gasteiger partial charge in [-0.2, -0.15) is 8.42 Å². The van der Waals surface area contributed by atoms with Crippen molar-refractivity contribution in [1.82, 2.24) is 4.90 Å². The van der Waals surface area contributed by atoms with Crippen molar-refractivity contribution in [1.29, 1.82) is 0 Å². The SMILES string of the molecule is CCN(CCOC1(OC)CCCCC1)COS(=O)(=O)c1c(C(C)C)cc(C(C)C)cc1C(C)C. The van der Waals surface area contributed by atoms with Gasteiger partial charge in [0.25, 0.3) is 10.1 Å². The molecular weight excluding hydrogens is 450 g/mol. The molecule has 0 atom stereocenters. The fourth-order valence-corrected chi connectivity index (χ4v) is 6.13. The molecule has 196 valence electrons. The lowest BCUT2D eigenvalue weighted by Crippen LogP contribution is -2.40. The minimum Gasteiger partial charge on any atom is -0.353 e. The predicted molar refractivity (Wildman–Crippen MR) is 138 cm³/mol. The fraction of sp³-hybridized carbons (Fsp3) is 0.778. The molecule has 1 aliphatic carbocycles. The largest absolute Gasteiger partial charge is 0.353 e. The lowest BCUT2D eigenvalue weighted by atomic mass is 9.89. The molecule has 2 rings (SSSR count). The third-order valence-electron chi connectivity index (χ3n) is 6.93. The average Bonchev–Trinajstić information content (AvgIpc) is 2.80. The summed E-state index contributed by atoms with van der Waals surface area (Å²) >= 11 is 0. The molecule has 0 radical (unpaired) electrons. The zero-order valence-corrected chi connectivity index (χ0v) is 23.5. The van der Waals surface area contributed by atoms with Crippen LogP contribution in [0.15, 0.2) is 17.0 Å². The first-order valence-electron chi connectivity index (χ1n) is 12.9. The number of benzene rings is 1. The number of likely N-dealkylation sites (N-methyl/N-ethyl adjacent to an activating group) is 1. The fourth-order valence-electron chi connectivity index (χ4n) is 4.55. The molecule has 7 heteroatoms. The molecule has 0 bridgehead atoms. The molecule has 6 nitrogen and oxygen atoms in total. The van der Waals surface area contributed by atoms with E-state index < -0.39 is 15.9 Å². The molecule has 0 unspecified atom stereocenters. The molecule has 1 aromatic carbocycles. The molecule has 0 amide bonds. The number of hydrogen-bond acceptors (Lipinski definition) is 6. The van der Waals surface area contributed by atoms with E-state index >= 15 is 0 Å². The smallest absolute Gasteiger partial charge is 0.298 e. The number of methoxy groups -OCH3 is 1. The molecule has 1 aliphatic rings. The van der Waals surface area contributed by atoms with Crippen LogP contribution in [0.25, 0.3) is 0 Å². The zero-order chi connectivity index (χ0) is 25.5. The van der Waals surface area contributed by atoms with Crippen LogP contribution in [-0.2, 0) is 23.8 Å². The molecule has 1 fully saturated rings. The molecule has 0 aromatic heterocycles. The second-order valence-corrected chi connectivity index (χ2v) is 12.0. The van der Waals surface area contributed by atoms with E-state index in [0.717, 1.165) is 42.4 Å². The van der Waals surface area contributed by atoms with Crippen molar-refractivity contribution < 1.29 is 22.1 Å². The molecule has 34 heavy (non-hydrogen) atoms. The molecule has 0 saturated heterocycles. The van der Waals surface area contributed by atoms with E-state index in [2.05, 4.69) is 13.8 Å². The number of ether oxygens (including phenoxy) is 2. The van der Waals surface area contributed by atoms with Crippen LogP contribution < -0.4 is 0 Å². The summed E-state index contributed by atoms with van der Waals surface area (Å²) in [7, 11) is -2.22. The summed E-state index contributed by atoms with van der Waals surface area (Å²) in [4.78, 5) is 2.30. The highest BCUT2D eigenvalue weighted by molar-refractivity contribution is 7.86. The summed E-state index contributed by atoms with van der Waals surface area (Å²) in [5.41, 5.74) is 2.83. The van der Waals surface area contributed by atoms with E-state index in [4.69, 9.17) is 13.7 Å². The summed E-state index contributed by atoms with van der Waals surface area (Å²) in [5, 5.41) is 0. The standard InChI is InChI=1S/C27H47NO5S/c1-9-28(15-16-32-27(31-8)13-11-10-12-14-27)19-33-34(29,30)26-24(21(4)5)17-23(20(2)3)18-25(26)22(6)7/h17-18,20-22H,9-16,19H2,1-8H3. The van der Waals surface area contributed by atoms with Crippen LogP contribution >= 0.6 is 0 Å². The summed E-state index contributed by atoms with van der Waals surface area (Å²) in [6.45, 7) is 16.1. The maximum absolute atomic E-state index is 13.5. The van der Waals surface area contributed by atoms with Gasteiger partial charge in [0.05, 0.1) is 6.61 Å². The van der Waals surface area contributed by atoms with E-state index in [1.165, 1.54) is 6.42 Å². The van der Waals surface area contributed by atoms with Crippen molar-refractivity contribution in [3.05, 3.63) is 28.8 Å². The van der Waals surface area contributed by atoms with Crippen LogP contribution in [0, 0.1) is 0 Å². The Labute approximate surface area is 208 Å². The quantitative estimate of drug-likeness (QED) is 0.233. The first-order chi connectivity index (χ1) is 16.0.